The SMILES string of the molecule is CC1CCc2c(sc3nc(C(C)C)n4c(SCC(=O)OC(C)C)nnc4c23)C1. The van der Waals surface area contributed by atoms with Gasteiger partial charge in [-0.05, 0) is 44.6 Å². The van der Waals surface area contributed by atoms with Crippen molar-refractivity contribution >= 4 is 44.9 Å². The van der Waals surface area contributed by atoms with E-state index < -0.39 is 0 Å². The van der Waals surface area contributed by atoms with Crippen molar-refractivity contribution in [3.8, 4) is 0 Å². The fourth-order valence-electron chi connectivity index (χ4n) is 3.74. The summed E-state index contributed by atoms with van der Waals surface area (Å²) in [6.45, 7) is 10.3. The van der Waals surface area contributed by atoms with Gasteiger partial charge in [-0.1, -0.05) is 32.5 Å². The maximum absolute atomic E-state index is 12.0. The number of thiophene rings is 1. The lowest BCUT2D eigenvalue weighted by Crippen LogP contribution is -2.13. The lowest BCUT2D eigenvalue weighted by atomic mass is 9.89. The molecule has 4 rings (SSSR count). The van der Waals surface area contributed by atoms with Crippen LogP contribution in [0.25, 0.3) is 15.9 Å². The van der Waals surface area contributed by atoms with Crippen molar-refractivity contribution in [3.05, 3.63) is 16.3 Å². The molecule has 0 saturated heterocycles. The van der Waals surface area contributed by atoms with Crippen molar-refractivity contribution in [2.45, 2.75) is 71.1 Å². The maximum atomic E-state index is 12.0. The molecule has 0 saturated carbocycles. The lowest BCUT2D eigenvalue weighted by Gasteiger charge is -2.17. The molecule has 0 N–H and O–H groups in total. The number of hydrogen-bond acceptors (Lipinski definition) is 7. The first-order chi connectivity index (χ1) is 13.3. The van der Waals surface area contributed by atoms with Gasteiger partial charge >= 0.3 is 5.97 Å². The molecule has 150 valence electrons. The van der Waals surface area contributed by atoms with Crippen LogP contribution in [-0.2, 0) is 22.4 Å². The Bertz CT molecular complexity index is 1040. The summed E-state index contributed by atoms with van der Waals surface area (Å²) in [7, 11) is 0. The Kier molecular flexibility index (Phi) is 5.35. The van der Waals surface area contributed by atoms with Crippen molar-refractivity contribution in [2.24, 2.45) is 5.92 Å². The Balaban J connectivity index is 1.80. The van der Waals surface area contributed by atoms with Crippen LogP contribution in [0.5, 0.6) is 0 Å². The summed E-state index contributed by atoms with van der Waals surface area (Å²) in [5.74, 6) is 1.87. The highest BCUT2D eigenvalue weighted by Gasteiger charge is 2.26. The highest BCUT2D eigenvalue weighted by atomic mass is 32.2. The standard InChI is InChI=1S/C20H26N4O2S2/c1-10(2)17-21-19-16(13-7-6-12(5)8-14(13)28-19)18-22-23-20(24(17)18)27-9-15(25)26-11(3)4/h10-12H,6-9H2,1-5H3. The number of rotatable bonds is 5. The molecule has 0 fully saturated rings. The predicted molar refractivity (Wildman–Crippen MR) is 113 cm³/mol. The van der Waals surface area contributed by atoms with Gasteiger partial charge in [0.2, 0.25) is 0 Å². The second-order valence-corrected chi connectivity index (χ2v) is 10.2. The molecular formula is C20H26N4O2S2. The third-order valence-electron chi connectivity index (χ3n) is 5.00. The van der Waals surface area contributed by atoms with Crippen molar-refractivity contribution in [1.82, 2.24) is 19.6 Å². The summed E-state index contributed by atoms with van der Waals surface area (Å²) in [4.78, 5) is 19.5. The molecule has 3 aromatic heterocycles. The van der Waals surface area contributed by atoms with Crippen LogP contribution >= 0.6 is 23.1 Å². The highest BCUT2D eigenvalue weighted by molar-refractivity contribution is 7.99. The molecule has 0 spiro atoms. The van der Waals surface area contributed by atoms with Crippen LogP contribution in [0, 0.1) is 5.92 Å². The minimum atomic E-state index is -0.237. The number of carbonyl (C=O) groups is 1. The second-order valence-electron chi connectivity index (χ2n) is 8.13. The van der Waals surface area contributed by atoms with Crippen LogP contribution in [-0.4, -0.2) is 37.4 Å². The van der Waals surface area contributed by atoms with Crippen molar-refractivity contribution in [2.75, 3.05) is 5.75 Å². The summed E-state index contributed by atoms with van der Waals surface area (Å²) in [6, 6.07) is 0. The van der Waals surface area contributed by atoms with E-state index in [-0.39, 0.29) is 23.7 Å². The summed E-state index contributed by atoms with van der Waals surface area (Å²) < 4.78 is 7.30. The van der Waals surface area contributed by atoms with E-state index in [1.54, 1.807) is 0 Å². The summed E-state index contributed by atoms with van der Waals surface area (Å²) in [5, 5.41) is 10.8. The second kappa shape index (κ2) is 7.63. The quantitative estimate of drug-likeness (QED) is 0.444. The maximum Gasteiger partial charge on any atom is 0.316 e. The van der Waals surface area contributed by atoms with E-state index in [1.165, 1.54) is 28.6 Å². The van der Waals surface area contributed by atoms with Gasteiger partial charge in [-0.25, -0.2) is 4.98 Å². The van der Waals surface area contributed by atoms with Crippen molar-refractivity contribution in [3.63, 3.8) is 0 Å². The molecular weight excluding hydrogens is 392 g/mol. The fourth-order valence-corrected chi connectivity index (χ4v) is 5.85. The molecule has 1 unspecified atom stereocenters. The normalized spacial score (nSPS) is 17.0. The van der Waals surface area contributed by atoms with E-state index in [9.17, 15) is 4.79 Å². The summed E-state index contributed by atoms with van der Waals surface area (Å²) in [6.07, 6.45) is 3.28. The van der Waals surface area contributed by atoms with Gasteiger partial charge in [0.25, 0.3) is 0 Å². The van der Waals surface area contributed by atoms with Gasteiger partial charge in [-0.3, -0.25) is 9.20 Å². The number of aromatic nitrogens is 4. The third kappa shape index (κ3) is 3.52. The van der Waals surface area contributed by atoms with Crippen LogP contribution in [0.2, 0.25) is 0 Å². The topological polar surface area (TPSA) is 69.4 Å². The zero-order valence-corrected chi connectivity index (χ0v) is 18.6. The minimum Gasteiger partial charge on any atom is -0.462 e. The summed E-state index contributed by atoms with van der Waals surface area (Å²) in [5.41, 5.74) is 2.27. The number of fused-ring (bicyclic) bond motifs is 5. The molecule has 6 nitrogen and oxygen atoms in total. The molecule has 28 heavy (non-hydrogen) atoms. The Hall–Kier alpha value is -1.67. The molecule has 3 aromatic rings. The number of aryl methyl sites for hydroxylation is 1. The van der Waals surface area contributed by atoms with Gasteiger partial charge in [0, 0.05) is 10.8 Å². The van der Waals surface area contributed by atoms with E-state index >= 15 is 0 Å². The first-order valence-electron chi connectivity index (χ1n) is 9.86. The van der Waals surface area contributed by atoms with Gasteiger partial charge in [0.15, 0.2) is 10.8 Å². The molecule has 0 radical (unpaired) electrons. The Morgan fingerprint density at radius 3 is 2.82 bits per heavy atom. The number of nitrogens with zero attached hydrogens (tertiary/aromatic N) is 4. The number of thioether (sulfide) groups is 1. The van der Waals surface area contributed by atoms with Gasteiger partial charge in [0.1, 0.15) is 10.7 Å². The monoisotopic (exact) mass is 418 g/mol. The molecule has 1 aliphatic rings. The zero-order chi connectivity index (χ0) is 20.0. The molecule has 0 bridgehead atoms. The number of ether oxygens (including phenoxy) is 1. The van der Waals surface area contributed by atoms with E-state index in [2.05, 4.69) is 31.0 Å². The first kappa shape index (κ1) is 19.6. The molecule has 3 heterocycles. The molecule has 0 amide bonds. The van der Waals surface area contributed by atoms with Crippen LogP contribution < -0.4 is 0 Å². The lowest BCUT2D eigenvalue weighted by molar-refractivity contribution is -0.144. The van der Waals surface area contributed by atoms with E-state index in [0.29, 0.717) is 5.16 Å². The molecule has 1 atom stereocenters. The number of hydrogen-bond donors (Lipinski definition) is 0. The predicted octanol–water partition coefficient (Wildman–Crippen LogP) is 4.63. The smallest absolute Gasteiger partial charge is 0.316 e. The summed E-state index contributed by atoms with van der Waals surface area (Å²) >= 11 is 3.18. The average Bonchev–Trinajstić information content (AvgIpc) is 3.18. The van der Waals surface area contributed by atoms with E-state index in [1.807, 2.05) is 29.6 Å². The van der Waals surface area contributed by atoms with E-state index in [0.717, 1.165) is 40.4 Å². The largest absolute Gasteiger partial charge is 0.462 e. The molecule has 1 aliphatic carbocycles. The Morgan fingerprint density at radius 2 is 2.11 bits per heavy atom. The molecule has 8 heteroatoms. The van der Waals surface area contributed by atoms with Gasteiger partial charge < -0.3 is 4.74 Å². The van der Waals surface area contributed by atoms with Crippen molar-refractivity contribution in [1.29, 1.82) is 0 Å². The van der Waals surface area contributed by atoms with Crippen LogP contribution in [0.3, 0.4) is 0 Å². The average molecular weight is 419 g/mol. The van der Waals surface area contributed by atoms with Gasteiger partial charge in [0.05, 0.1) is 17.2 Å². The van der Waals surface area contributed by atoms with Gasteiger partial charge in [-0.2, -0.15) is 0 Å². The zero-order valence-electron chi connectivity index (χ0n) is 17.0. The van der Waals surface area contributed by atoms with Crippen LogP contribution in [0.1, 0.15) is 63.2 Å². The molecule has 0 aliphatic heterocycles. The Labute approximate surface area is 173 Å². The number of carbonyl (C=O) groups excluding carboxylic acids is 1. The van der Waals surface area contributed by atoms with E-state index in [4.69, 9.17) is 9.72 Å². The molecule has 0 aromatic carbocycles. The first-order valence-corrected chi connectivity index (χ1v) is 11.7. The minimum absolute atomic E-state index is 0.115. The highest BCUT2D eigenvalue weighted by Crippen LogP contribution is 2.40. The van der Waals surface area contributed by atoms with Crippen LogP contribution in [0.4, 0.5) is 0 Å². The van der Waals surface area contributed by atoms with Crippen LogP contribution in [0.15, 0.2) is 5.16 Å². The number of esters is 1. The fraction of sp³-hybridized carbons (Fsp3) is 0.600. The van der Waals surface area contributed by atoms with Crippen molar-refractivity contribution < 1.29 is 9.53 Å². The van der Waals surface area contributed by atoms with Gasteiger partial charge in [-0.15, -0.1) is 21.5 Å². The Morgan fingerprint density at radius 1 is 1.32 bits per heavy atom. The third-order valence-corrected chi connectivity index (χ3v) is 7.05.